The Hall–Kier alpha value is -2.70. The summed E-state index contributed by atoms with van der Waals surface area (Å²) in [6.07, 6.45) is 4.86. The molecule has 0 radical (unpaired) electrons. The number of likely N-dealkylation sites (tertiary alicyclic amines) is 1. The maximum atomic E-state index is 12.7. The number of carbonyl (C=O) groups is 2. The highest BCUT2D eigenvalue weighted by Crippen LogP contribution is 2.22. The first-order chi connectivity index (χ1) is 12.5. The summed E-state index contributed by atoms with van der Waals surface area (Å²) in [6.45, 7) is 5.27. The first-order valence-corrected chi connectivity index (χ1v) is 9.00. The molecular formula is C19H25N5O2. The van der Waals surface area contributed by atoms with Crippen molar-refractivity contribution in [1.29, 1.82) is 0 Å². The van der Waals surface area contributed by atoms with E-state index in [9.17, 15) is 9.59 Å². The van der Waals surface area contributed by atoms with E-state index < -0.39 is 0 Å². The molecule has 0 unspecified atom stereocenters. The molecule has 26 heavy (non-hydrogen) atoms. The average molecular weight is 355 g/mol. The summed E-state index contributed by atoms with van der Waals surface area (Å²) >= 11 is 0. The summed E-state index contributed by atoms with van der Waals surface area (Å²) in [5.41, 5.74) is 2.05. The van der Waals surface area contributed by atoms with Crippen LogP contribution in [0.3, 0.4) is 0 Å². The number of hydrogen-bond donors (Lipinski definition) is 1. The molecule has 7 heteroatoms. The van der Waals surface area contributed by atoms with Crippen LogP contribution in [0.5, 0.6) is 0 Å². The predicted molar refractivity (Wildman–Crippen MR) is 97.7 cm³/mol. The molecule has 3 rings (SSSR count). The fraction of sp³-hybridized carbons (Fsp3) is 0.474. The number of aryl methyl sites for hydroxylation is 2. The van der Waals surface area contributed by atoms with Crippen LogP contribution >= 0.6 is 0 Å². The molecule has 0 aromatic carbocycles. The lowest BCUT2D eigenvalue weighted by Crippen LogP contribution is -2.52. The summed E-state index contributed by atoms with van der Waals surface area (Å²) in [5, 5.41) is 7.42. The summed E-state index contributed by atoms with van der Waals surface area (Å²) in [5.74, 6) is 0.102. The van der Waals surface area contributed by atoms with Gasteiger partial charge in [-0.05, 0) is 43.9 Å². The molecular weight excluding hydrogens is 330 g/mol. The van der Waals surface area contributed by atoms with Crippen LogP contribution in [0.2, 0.25) is 0 Å². The molecule has 3 heterocycles. The van der Waals surface area contributed by atoms with Crippen LogP contribution in [0.4, 0.5) is 0 Å². The fourth-order valence-electron chi connectivity index (χ4n) is 3.40. The van der Waals surface area contributed by atoms with Crippen LogP contribution in [-0.2, 0) is 7.05 Å². The zero-order valence-corrected chi connectivity index (χ0v) is 15.5. The third-order valence-electron chi connectivity index (χ3n) is 5.14. The van der Waals surface area contributed by atoms with Gasteiger partial charge in [0.05, 0.1) is 0 Å². The van der Waals surface area contributed by atoms with E-state index in [2.05, 4.69) is 22.3 Å². The summed E-state index contributed by atoms with van der Waals surface area (Å²) in [7, 11) is 1.84. The minimum absolute atomic E-state index is 0.0361. The second-order valence-corrected chi connectivity index (χ2v) is 6.82. The maximum Gasteiger partial charge on any atom is 0.274 e. The van der Waals surface area contributed by atoms with Crippen LogP contribution in [0.15, 0.2) is 30.6 Å². The molecule has 1 fully saturated rings. The van der Waals surface area contributed by atoms with Gasteiger partial charge in [0.15, 0.2) is 5.69 Å². The highest BCUT2D eigenvalue weighted by Gasteiger charge is 2.32. The molecule has 1 aliphatic heterocycles. The van der Waals surface area contributed by atoms with Crippen molar-refractivity contribution >= 4 is 11.8 Å². The Morgan fingerprint density at radius 3 is 2.65 bits per heavy atom. The van der Waals surface area contributed by atoms with Gasteiger partial charge in [0.2, 0.25) is 0 Å². The molecule has 1 N–H and O–H groups in total. The number of nitrogens with zero attached hydrogens (tertiary/aromatic N) is 4. The first kappa shape index (κ1) is 18.1. The Kier molecular flexibility index (Phi) is 5.35. The van der Waals surface area contributed by atoms with Gasteiger partial charge in [-0.1, -0.05) is 6.92 Å². The van der Waals surface area contributed by atoms with Crippen molar-refractivity contribution in [2.24, 2.45) is 13.0 Å². The normalized spacial score (nSPS) is 20.0. The van der Waals surface area contributed by atoms with E-state index in [1.54, 1.807) is 29.2 Å². The van der Waals surface area contributed by atoms with E-state index >= 15 is 0 Å². The summed E-state index contributed by atoms with van der Waals surface area (Å²) in [6, 6.07) is 5.30. The predicted octanol–water partition coefficient (Wildman–Crippen LogP) is 1.79. The minimum Gasteiger partial charge on any atom is -0.349 e. The number of carbonyl (C=O) groups excluding carboxylic acids is 2. The highest BCUT2D eigenvalue weighted by atomic mass is 16.2. The summed E-state index contributed by atoms with van der Waals surface area (Å²) < 4.78 is 1.71. The molecule has 138 valence electrons. The van der Waals surface area contributed by atoms with Gasteiger partial charge in [0, 0.05) is 49.8 Å². The second-order valence-electron chi connectivity index (χ2n) is 6.82. The lowest BCUT2D eigenvalue weighted by Gasteiger charge is -2.38. The van der Waals surface area contributed by atoms with Gasteiger partial charge in [0.25, 0.3) is 11.8 Å². The molecule has 2 aromatic rings. The molecule has 2 amide bonds. The second kappa shape index (κ2) is 7.68. The van der Waals surface area contributed by atoms with Crippen molar-refractivity contribution < 1.29 is 9.59 Å². The quantitative estimate of drug-likeness (QED) is 0.907. The molecule has 2 aromatic heterocycles. The smallest absolute Gasteiger partial charge is 0.274 e. The molecule has 0 bridgehead atoms. The Balaban J connectivity index is 1.65. The molecule has 1 aliphatic rings. The van der Waals surface area contributed by atoms with Crippen LogP contribution in [0.1, 0.15) is 46.3 Å². The van der Waals surface area contributed by atoms with Crippen molar-refractivity contribution in [3.63, 3.8) is 0 Å². The number of hydrogen-bond acceptors (Lipinski definition) is 4. The highest BCUT2D eigenvalue weighted by molar-refractivity contribution is 5.94. The van der Waals surface area contributed by atoms with Gasteiger partial charge in [0.1, 0.15) is 0 Å². The number of piperidine rings is 1. The van der Waals surface area contributed by atoms with Gasteiger partial charge in [-0.25, -0.2) is 0 Å². The van der Waals surface area contributed by atoms with Gasteiger partial charge in [-0.2, -0.15) is 5.10 Å². The van der Waals surface area contributed by atoms with Crippen molar-refractivity contribution in [2.45, 2.75) is 32.7 Å². The number of nitrogens with one attached hydrogen (secondary N) is 1. The Labute approximate surface area is 153 Å². The zero-order valence-electron chi connectivity index (χ0n) is 15.5. The van der Waals surface area contributed by atoms with Crippen LogP contribution < -0.4 is 5.32 Å². The van der Waals surface area contributed by atoms with Gasteiger partial charge >= 0.3 is 0 Å². The SMILES string of the molecule is CC[C@@H]1CN(C(=O)c2cc(C)n(C)n2)CC[C@@H]1NC(=O)c1ccncc1. The monoisotopic (exact) mass is 355 g/mol. The van der Waals surface area contributed by atoms with Gasteiger partial charge in [-0.3, -0.25) is 19.3 Å². The van der Waals surface area contributed by atoms with Crippen molar-refractivity contribution in [3.8, 4) is 0 Å². The Morgan fingerprint density at radius 1 is 1.31 bits per heavy atom. The fourth-order valence-corrected chi connectivity index (χ4v) is 3.40. The third kappa shape index (κ3) is 3.76. The van der Waals surface area contributed by atoms with E-state index in [0.717, 1.165) is 18.5 Å². The first-order valence-electron chi connectivity index (χ1n) is 9.00. The standard InChI is InChI=1S/C19H25N5O2/c1-4-14-12-24(19(26)17-11-13(2)23(3)22-17)10-7-16(14)21-18(25)15-5-8-20-9-6-15/h5-6,8-9,11,14,16H,4,7,10,12H2,1-3H3,(H,21,25)/t14-,16+/m1/s1. The average Bonchev–Trinajstić information content (AvgIpc) is 3.00. The van der Waals surface area contributed by atoms with E-state index in [1.165, 1.54) is 0 Å². The maximum absolute atomic E-state index is 12.7. The van der Waals surface area contributed by atoms with E-state index in [1.807, 2.05) is 24.9 Å². The summed E-state index contributed by atoms with van der Waals surface area (Å²) in [4.78, 5) is 30.9. The van der Waals surface area contributed by atoms with Crippen LogP contribution in [-0.4, -0.2) is 50.6 Å². The number of amides is 2. The molecule has 0 spiro atoms. The van der Waals surface area contributed by atoms with Crippen molar-refractivity contribution in [2.75, 3.05) is 13.1 Å². The van der Waals surface area contributed by atoms with E-state index in [-0.39, 0.29) is 23.8 Å². The zero-order chi connectivity index (χ0) is 18.7. The number of rotatable bonds is 4. The van der Waals surface area contributed by atoms with E-state index in [4.69, 9.17) is 0 Å². The van der Waals surface area contributed by atoms with Crippen molar-refractivity contribution in [3.05, 3.63) is 47.5 Å². The molecule has 0 aliphatic carbocycles. The van der Waals surface area contributed by atoms with Crippen LogP contribution in [0, 0.1) is 12.8 Å². The lowest BCUT2D eigenvalue weighted by molar-refractivity contribution is 0.0607. The molecule has 7 nitrogen and oxygen atoms in total. The van der Waals surface area contributed by atoms with Crippen LogP contribution in [0.25, 0.3) is 0 Å². The number of pyridine rings is 1. The topological polar surface area (TPSA) is 80.1 Å². The minimum atomic E-state index is -0.0871. The molecule has 2 atom stereocenters. The van der Waals surface area contributed by atoms with Crippen molar-refractivity contribution in [1.82, 2.24) is 25.0 Å². The largest absolute Gasteiger partial charge is 0.349 e. The molecule has 1 saturated heterocycles. The third-order valence-corrected chi connectivity index (χ3v) is 5.14. The van der Waals surface area contributed by atoms with Gasteiger partial charge < -0.3 is 10.2 Å². The van der Waals surface area contributed by atoms with Gasteiger partial charge in [-0.15, -0.1) is 0 Å². The Morgan fingerprint density at radius 2 is 2.04 bits per heavy atom. The number of aromatic nitrogens is 3. The van der Waals surface area contributed by atoms with E-state index in [0.29, 0.717) is 24.3 Å². The molecule has 0 saturated carbocycles. The lowest BCUT2D eigenvalue weighted by atomic mass is 9.89. The Bertz CT molecular complexity index is 767.